The van der Waals surface area contributed by atoms with Crippen LogP contribution >= 0.6 is 11.6 Å². The molecular formula is C19H20ClNO6. The lowest BCUT2D eigenvalue weighted by Crippen LogP contribution is -2.32. The zero-order valence-electron chi connectivity index (χ0n) is 15.0. The van der Waals surface area contributed by atoms with Gasteiger partial charge in [0.25, 0.3) is 5.91 Å². The van der Waals surface area contributed by atoms with Crippen LogP contribution < -0.4 is 19.5 Å². The first-order valence-corrected chi connectivity index (χ1v) is 8.45. The number of amides is 1. The summed E-state index contributed by atoms with van der Waals surface area (Å²) in [5.41, 5.74) is 0.325. The van der Waals surface area contributed by atoms with E-state index in [4.69, 9.17) is 25.8 Å². The van der Waals surface area contributed by atoms with Crippen LogP contribution in [0.4, 0.5) is 0 Å². The first kappa shape index (κ1) is 20.4. The van der Waals surface area contributed by atoms with Crippen molar-refractivity contribution in [2.75, 3.05) is 34.0 Å². The minimum Gasteiger partial charge on any atom is -0.493 e. The third-order valence-corrected chi connectivity index (χ3v) is 3.70. The van der Waals surface area contributed by atoms with Crippen molar-refractivity contribution in [2.24, 2.45) is 0 Å². The predicted octanol–water partition coefficient (Wildman–Crippen LogP) is 2.71. The van der Waals surface area contributed by atoms with Crippen LogP contribution in [0.1, 0.15) is 10.4 Å². The van der Waals surface area contributed by atoms with Gasteiger partial charge in [-0.1, -0.05) is 11.6 Å². The van der Waals surface area contributed by atoms with E-state index in [0.717, 1.165) is 0 Å². The van der Waals surface area contributed by atoms with Crippen molar-refractivity contribution in [3.63, 3.8) is 0 Å². The Morgan fingerprint density at radius 3 is 2.41 bits per heavy atom. The van der Waals surface area contributed by atoms with Crippen LogP contribution in [0.3, 0.4) is 0 Å². The normalized spacial score (nSPS) is 10.0. The van der Waals surface area contributed by atoms with Gasteiger partial charge in [0.1, 0.15) is 12.4 Å². The summed E-state index contributed by atoms with van der Waals surface area (Å²) >= 11 is 5.79. The molecule has 0 unspecified atom stereocenters. The molecule has 0 aliphatic rings. The number of rotatable bonds is 9. The monoisotopic (exact) mass is 393 g/mol. The molecule has 0 aromatic heterocycles. The summed E-state index contributed by atoms with van der Waals surface area (Å²) in [7, 11) is 2.73. The van der Waals surface area contributed by atoms with Crippen LogP contribution in [0.2, 0.25) is 5.02 Å². The number of nitrogens with one attached hydrogen (secondary N) is 1. The van der Waals surface area contributed by atoms with Crippen LogP contribution in [0.5, 0.6) is 17.2 Å². The van der Waals surface area contributed by atoms with E-state index in [1.165, 1.54) is 26.4 Å². The molecule has 0 fully saturated rings. The SMILES string of the molecule is COC(=O)c1ccc(OCC(=O)NCCOc2ccc(Cl)cc2)c(OC)c1. The summed E-state index contributed by atoms with van der Waals surface area (Å²) in [5.74, 6) is 0.543. The Morgan fingerprint density at radius 1 is 1.00 bits per heavy atom. The number of halogens is 1. The Balaban J connectivity index is 1.76. The van der Waals surface area contributed by atoms with Crippen LogP contribution in [-0.2, 0) is 9.53 Å². The molecule has 144 valence electrons. The van der Waals surface area contributed by atoms with E-state index in [2.05, 4.69) is 10.1 Å². The molecule has 0 saturated carbocycles. The number of esters is 1. The molecule has 0 spiro atoms. The third-order valence-electron chi connectivity index (χ3n) is 3.45. The highest BCUT2D eigenvalue weighted by atomic mass is 35.5. The zero-order chi connectivity index (χ0) is 19.6. The van der Waals surface area contributed by atoms with Gasteiger partial charge in [0.05, 0.1) is 26.3 Å². The van der Waals surface area contributed by atoms with Crippen molar-refractivity contribution in [3.05, 3.63) is 53.1 Å². The number of hydrogen-bond donors (Lipinski definition) is 1. The molecule has 0 aliphatic heterocycles. The largest absolute Gasteiger partial charge is 0.493 e. The number of carbonyl (C=O) groups excluding carboxylic acids is 2. The van der Waals surface area contributed by atoms with Crippen molar-refractivity contribution in [1.82, 2.24) is 5.32 Å². The smallest absolute Gasteiger partial charge is 0.337 e. The fraction of sp³-hybridized carbons (Fsp3) is 0.263. The molecule has 1 N–H and O–H groups in total. The number of hydrogen-bond acceptors (Lipinski definition) is 6. The maximum atomic E-state index is 11.9. The molecule has 7 nitrogen and oxygen atoms in total. The summed E-state index contributed by atoms with van der Waals surface area (Å²) in [5, 5.41) is 3.31. The quantitative estimate of drug-likeness (QED) is 0.521. The van der Waals surface area contributed by atoms with Gasteiger partial charge in [-0.3, -0.25) is 4.79 Å². The van der Waals surface area contributed by atoms with Crippen LogP contribution in [0, 0.1) is 0 Å². The van der Waals surface area contributed by atoms with Crippen molar-refractivity contribution in [1.29, 1.82) is 0 Å². The van der Waals surface area contributed by atoms with E-state index in [1.807, 2.05) is 0 Å². The van der Waals surface area contributed by atoms with Gasteiger partial charge in [0.15, 0.2) is 18.1 Å². The highest BCUT2D eigenvalue weighted by molar-refractivity contribution is 6.30. The number of ether oxygens (including phenoxy) is 4. The highest BCUT2D eigenvalue weighted by Crippen LogP contribution is 2.28. The Kier molecular flexibility index (Phi) is 7.76. The minimum atomic E-state index is -0.488. The lowest BCUT2D eigenvalue weighted by atomic mass is 10.2. The molecule has 0 aliphatic carbocycles. The van der Waals surface area contributed by atoms with Crippen molar-refractivity contribution < 1.29 is 28.5 Å². The fourth-order valence-electron chi connectivity index (χ4n) is 2.12. The van der Waals surface area contributed by atoms with Gasteiger partial charge >= 0.3 is 5.97 Å². The Hall–Kier alpha value is -2.93. The number of benzene rings is 2. The summed E-state index contributed by atoms with van der Waals surface area (Å²) in [6.45, 7) is 0.433. The maximum absolute atomic E-state index is 11.9. The van der Waals surface area contributed by atoms with Crippen molar-refractivity contribution >= 4 is 23.5 Å². The molecule has 0 radical (unpaired) electrons. The van der Waals surface area contributed by atoms with Crippen molar-refractivity contribution in [3.8, 4) is 17.2 Å². The van der Waals surface area contributed by atoms with E-state index in [1.54, 1.807) is 30.3 Å². The molecule has 0 saturated heterocycles. The minimum absolute atomic E-state index is 0.200. The van der Waals surface area contributed by atoms with Gasteiger partial charge in [-0.2, -0.15) is 0 Å². The number of methoxy groups -OCH3 is 2. The Bertz CT molecular complexity index is 778. The van der Waals surface area contributed by atoms with Gasteiger partial charge in [-0.25, -0.2) is 4.79 Å². The summed E-state index contributed by atoms with van der Waals surface area (Å²) in [6, 6.07) is 11.5. The van der Waals surface area contributed by atoms with Crippen LogP contribution in [0.15, 0.2) is 42.5 Å². The van der Waals surface area contributed by atoms with Crippen molar-refractivity contribution in [2.45, 2.75) is 0 Å². The molecule has 0 bridgehead atoms. The molecule has 1 amide bonds. The molecule has 27 heavy (non-hydrogen) atoms. The summed E-state index contributed by atoms with van der Waals surface area (Å²) in [4.78, 5) is 23.4. The Morgan fingerprint density at radius 2 is 1.74 bits per heavy atom. The number of carbonyl (C=O) groups is 2. The first-order chi connectivity index (χ1) is 13.0. The molecule has 2 aromatic rings. The zero-order valence-corrected chi connectivity index (χ0v) is 15.7. The predicted molar refractivity (Wildman–Crippen MR) is 99.8 cm³/mol. The molecular weight excluding hydrogens is 374 g/mol. The Labute approximate surface area is 162 Å². The van der Waals surface area contributed by atoms with Gasteiger partial charge in [0.2, 0.25) is 0 Å². The average Bonchev–Trinajstić information content (AvgIpc) is 2.70. The van der Waals surface area contributed by atoms with Gasteiger partial charge in [-0.05, 0) is 42.5 Å². The third kappa shape index (κ3) is 6.38. The fourth-order valence-corrected chi connectivity index (χ4v) is 2.24. The average molecular weight is 394 g/mol. The van der Waals surface area contributed by atoms with Gasteiger partial charge < -0.3 is 24.3 Å². The van der Waals surface area contributed by atoms with Crippen LogP contribution in [-0.4, -0.2) is 45.9 Å². The van der Waals surface area contributed by atoms with Gasteiger partial charge in [0, 0.05) is 5.02 Å². The van der Waals surface area contributed by atoms with E-state index in [0.29, 0.717) is 41.0 Å². The lowest BCUT2D eigenvalue weighted by Gasteiger charge is -2.12. The molecule has 8 heteroatoms. The topological polar surface area (TPSA) is 83.1 Å². The first-order valence-electron chi connectivity index (χ1n) is 8.07. The van der Waals surface area contributed by atoms with Gasteiger partial charge in [-0.15, -0.1) is 0 Å². The highest BCUT2D eigenvalue weighted by Gasteiger charge is 2.12. The molecule has 0 heterocycles. The van der Waals surface area contributed by atoms with Crippen LogP contribution in [0.25, 0.3) is 0 Å². The molecule has 2 aromatic carbocycles. The maximum Gasteiger partial charge on any atom is 0.337 e. The van der Waals surface area contributed by atoms with E-state index >= 15 is 0 Å². The second-order valence-corrected chi connectivity index (χ2v) is 5.73. The van der Waals surface area contributed by atoms with E-state index < -0.39 is 5.97 Å². The lowest BCUT2D eigenvalue weighted by molar-refractivity contribution is -0.123. The second kappa shape index (κ2) is 10.3. The molecule has 0 atom stereocenters. The molecule has 2 rings (SSSR count). The summed E-state index contributed by atoms with van der Waals surface area (Å²) < 4.78 is 20.7. The summed E-state index contributed by atoms with van der Waals surface area (Å²) in [6.07, 6.45) is 0. The van der Waals surface area contributed by atoms with E-state index in [9.17, 15) is 9.59 Å². The van der Waals surface area contributed by atoms with E-state index in [-0.39, 0.29) is 12.5 Å². The second-order valence-electron chi connectivity index (χ2n) is 5.30. The standard InChI is InChI=1S/C19H20ClNO6/c1-24-17-11-13(19(23)25-2)3-8-16(17)27-12-18(22)21-9-10-26-15-6-4-14(20)5-7-15/h3-8,11H,9-10,12H2,1-2H3,(H,21,22).